The zero-order chi connectivity index (χ0) is 43.1. The van der Waals surface area contributed by atoms with Gasteiger partial charge in [-0.05, 0) is 115 Å². The minimum atomic E-state index is -3.79. The van der Waals surface area contributed by atoms with Crippen LogP contribution in [0.5, 0.6) is 0 Å². The Balaban J connectivity index is 1.28. The van der Waals surface area contributed by atoms with Gasteiger partial charge >= 0.3 is 0 Å². The molecule has 324 valence electrons. The van der Waals surface area contributed by atoms with Crippen LogP contribution in [-0.2, 0) is 40.1 Å². The summed E-state index contributed by atoms with van der Waals surface area (Å²) in [5, 5.41) is 0. The van der Waals surface area contributed by atoms with Crippen LogP contribution in [0, 0.1) is 27.7 Å². The van der Waals surface area contributed by atoms with Gasteiger partial charge in [-0.25, -0.2) is 43.1 Å². The first-order chi connectivity index (χ1) is 27.9. The van der Waals surface area contributed by atoms with Gasteiger partial charge in [0.15, 0.2) is 0 Å². The number of nitrogens with zero attached hydrogens (tertiary/aromatic N) is 2. The minimum Gasteiger partial charge on any atom is -0.211 e. The molecule has 0 saturated carbocycles. The van der Waals surface area contributed by atoms with Gasteiger partial charge < -0.3 is 0 Å². The van der Waals surface area contributed by atoms with E-state index in [1.165, 1.54) is 8.61 Å². The van der Waals surface area contributed by atoms with Gasteiger partial charge in [0.05, 0.1) is 19.6 Å². The van der Waals surface area contributed by atoms with Gasteiger partial charge in [0.1, 0.15) is 0 Å². The second-order valence-electron chi connectivity index (χ2n) is 15.0. The van der Waals surface area contributed by atoms with Crippen molar-refractivity contribution in [2.24, 2.45) is 0 Å². The summed E-state index contributed by atoms with van der Waals surface area (Å²) in [7, 11) is -14.9. The maximum absolute atomic E-state index is 13.7. The molecule has 0 saturated heterocycles. The molecule has 16 heteroatoms. The average molecular weight is 889 g/mol. The van der Waals surface area contributed by atoms with Crippen molar-refractivity contribution in [1.29, 1.82) is 0 Å². The van der Waals surface area contributed by atoms with Crippen LogP contribution in [0.1, 0.15) is 80.0 Å². The van der Waals surface area contributed by atoms with E-state index in [2.05, 4.69) is 9.44 Å². The van der Waals surface area contributed by atoms with E-state index in [0.717, 1.165) is 41.5 Å². The van der Waals surface area contributed by atoms with E-state index >= 15 is 0 Å². The molecule has 59 heavy (non-hydrogen) atoms. The minimum absolute atomic E-state index is 0.179. The number of benzene rings is 4. The Kier molecular flexibility index (Phi) is 18.3. The molecule has 0 aliphatic heterocycles. The Morgan fingerprint density at radius 3 is 0.864 bits per heavy atom. The van der Waals surface area contributed by atoms with Gasteiger partial charge in [0, 0.05) is 39.3 Å². The van der Waals surface area contributed by atoms with Gasteiger partial charge in [-0.1, -0.05) is 90.0 Å². The molecule has 4 rings (SSSR count). The highest BCUT2D eigenvalue weighted by Gasteiger charge is 2.25. The number of hydrogen-bond acceptors (Lipinski definition) is 8. The Morgan fingerprint density at radius 2 is 0.576 bits per heavy atom. The van der Waals surface area contributed by atoms with Gasteiger partial charge in [-0.15, -0.1) is 0 Å². The predicted molar refractivity (Wildman–Crippen MR) is 234 cm³/mol. The molecule has 0 aliphatic carbocycles. The van der Waals surface area contributed by atoms with E-state index in [4.69, 9.17) is 0 Å². The predicted octanol–water partition coefficient (Wildman–Crippen LogP) is 7.07. The largest absolute Gasteiger partial charge is 0.243 e. The maximum atomic E-state index is 13.7. The number of rotatable bonds is 26. The smallest absolute Gasteiger partial charge is 0.211 e. The van der Waals surface area contributed by atoms with Gasteiger partial charge in [-0.3, -0.25) is 0 Å². The lowest BCUT2D eigenvalue weighted by Gasteiger charge is -2.23. The molecule has 12 nitrogen and oxygen atoms in total. The molecule has 0 atom stereocenters. The number of aryl methyl sites for hydroxylation is 4. The highest BCUT2D eigenvalue weighted by molar-refractivity contribution is 7.90. The topological polar surface area (TPSA) is 167 Å². The zero-order valence-corrected chi connectivity index (χ0v) is 37.9. The standard InChI is InChI=1S/C43H60N4O8S4/c1-36-14-22-40(23-15-36)56(48,49)44-30-8-12-34-46(58(52,53)42-26-18-38(3)19-27-42)32-10-6-5-7-11-33-47(59(54,55)43-28-20-39(4)21-29-43)35-13-9-31-45-57(50,51)41-24-16-37(2)17-25-41/h14-29,44-45H,5-13,30-35H2,1-4H3. The van der Waals surface area contributed by atoms with Crippen molar-refractivity contribution < 1.29 is 33.7 Å². The van der Waals surface area contributed by atoms with E-state index in [1.54, 1.807) is 97.1 Å². The summed E-state index contributed by atoms with van der Waals surface area (Å²) in [5.41, 5.74) is 3.81. The summed E-state index contributed by atoms with van der Waals surface area (Å²) in [6.45, 7) is 8.98. The molecule has 4 aromatic rings. The first kappa shape index (κ1) is 48.2. The number of nitrogens with one attached hydrogen (secondary N) is 2. The van der Waals surface area contributed by atoms with Gasteiger partial charge in [-0.2, -0.15) is 8.61 Å². The number of sulfonamides is 4. The molecule has 0 unspecified atom stereocenters. The highest BCUT2D eigenvalue weighted by Crippen LogP contribution is 2.21. The number of hydrogen-bond donors (Lipinski definition) is 2. The fourth-order valence-corrected chi connectivity index (χ4v) is 11.6. The average Bonchev–Trinajstić information content (AvgIpc) is 3.19. The first-order valence-electron chi connectivity index (χ1n) is 20.2. The quantitative estimate of drug-likeness (QED) is 0.0632. The third-order valence-electron chi connectivity index (χ3n) is 10.0. The summed E-state index contributed by atoms with van der Waals surface area (Å²) in [5.74, 6) is 0. The molecule has 0 spiro atoms. The van der Waals surface area contributed by atoms with E-state index in [-0.39, 0.29) is 45.8 Å². The zero-order valence-electron chi connectivity index (χ0n) is 34.6. The SMILES string of the molecule is Cc1ccc(S(=O)(=O)NCCCCN(CCCCCCCN(CCCCNS(=O)(=O)c2ccc(C)cc2)S(=O)(=O)c2ccc(C)cc2)S(=O)(=O)c2ccc(C)cc2)cc1. The summed E-state index contributed by atoms with van der Waals surface area (Å²) in [6, 6.07) is 26.7. The van der Waals surface area contributed by atoms with Crippen molar-refractivity contribution in [2.75, 3.05) is 39.3 Å². The second kappa shape index (κ2) is 22.4. The van der Waals surface area contributed by atoms with Crippen molar-refractivity contribution in [2.45, 2.75) is 105 Å². The van der Waals surface area contributed by atoms with Crippen LogP contribution < -0.4 is 9.44 Å². The Bertz CT molecular complexity index is 2190. The van der Waals surface area contributed by atoms with E-state index in [0.29, 0.717) is 51.6 Å². The fraction of sp³-hybridized carbons (Fsp3) is 0.442. The van der Waals surface area contributed by atoms with E-state index in [1.807, 2.05) is 27.7 Å². The molecule has 0 aromatic heterocycles. The van der Waals surface area contributed by atoms with E-state index < -0.39 is 40.1 Å². The van der Waals surface area contributed by atoms with Crippen LogP contribution >= 0.6 is 0 Å². The summed E-state index contributed by atoms with van der Waals surface area (Å²) in [6.07, 6.45) is 5.30. The van der Waals surface area contributed by atoms with Crippen molar-refractivity contribution in [3.63, 3.8) is 0 Å². The molecule has 0 radical (unpaired) electrons. The second-order valence-corrected chi connectivity index (χ2v) is 22.4. The third kappa shape index (κ3) is 14.9. The number of unbranched alkanes of at least 4 members (excludes halogenated alkanes) is 6. The molecule has 0 fully saturated rings. The Morgan fingerprint density at radius 1 is 0.339 bits per heavy atom. The van der Waals surface area contributed by atoms with Crippen LogP contribution in [0.3, 0.4) is 0 Å². The first-order valence-corrected chi connectivity index (χ1v) is 26.0. The molecule has 4 aromatic carbocycles. The van der Waals surface area contributed by atoms with Crippen molar-refractivity contribution in [3.05, 3.63) is 119 Å². The van der Waals surface area contributed by atoms with Crippen LogP contribution in [-0.4, -0.2) is 81.6 Å². The summed E-state index contributed by atoms with van der Waals surface area (Å²) >= 11 is 0. The third-order valence-corrected chi connectivity index (χ3v) is 16.8. The normalized spacial score (nSPS) is 12.7. The molecule has 0 aliphatic rings. The van der Waals surface area contributed by atoms with Gasteiger partial charge in [0.25, 0.3) is 0 Å². The Labute approximate surface area is 353 Å². The fourth-order valence-electron chi connectivity index (χ4n) is 6.37. The van der Waals surface area contributed by atoms with Gasteiger partial charge in [0.2, 0.25) is 40.1 Å². The monoisotopic (exact) mass is 888 g/mol. The molecule has 0 amide bonds. The maximum Gasteiger partial charge on any atom is 0.243 e. The lowest BCUT2D eigenvalue weighted by Crippen LogP contribution is -2.34. The van der Waals surface area contributed by atoms with Crippen LogP contribution in [0.2, 0.25) is 0 Å². The molecule has 2 N–H and O–H groups in total. The van der Waals surface area contributed by atoms with Crippen molar-refractivity contribution in [3.8, 4) is 0 Å². The lowest BCUT2D eigenvalue weighted by atomic mass is 10.1. The van der Waals surface area contributed by atoms with Crippen molar-refractivity contribution in [1.82, 2.24) is 18.1 Å². The molecular formula is C43H60N4O8S4. The molecular weight excluding hydrogens is 829 g/mol. The Hall–Kier alpha value is -3.48. The summed E-state index contributed by atoms with van der Waals surface area (Å²) in [4.78, 5) is 0.789. The summed E-state index contributed by atoms with van der Waals surface area (Å²) < 4.78 is 114. The van der Waals surface area contributed by atoms with Crippen LogP contribution in [0.4, 0.5) is 0 Å². The molecule has 0 bridgehead atoms. The van der Waals surface area contributed by atoms with Crippen LogP contribution in [0.25, 0.3) is 0 Å². The lowest BCUT2D eigenvalue weighted by molar-refractivity contribution is 0.376. The van der Waals surface area contributed by atoms with Crippen molar-refractivity contribution >= 4 is 40.1 Å². The highest BCUT2D eigenvalue weighted by atomic mass is 32.2. The van der Waals surface area contributed by atoms with E-state index in [9.17, 15) is 33.7 Å². The van der Waals surface area contributed by atoms with Crippen LogP contribution in [0.15, 0.2) is 117 Å². The molecule has 0 heterocycles.